The molecular weight excluding hydrogens is 234 g/mol. The molecule has 0 spiro atoms. The lowest BCUT2D eigenvalue weighted by Crippen LogP contribution is -2.55. The van der Waals surface area contributed by atoms with Gasteiger partial charge in [0.15, 0.2) is 0 Å². The van der Waals surface area contributed by atoms with Crippen LogP contribution in [0.5, 0.6) is 0 Å². The number of rotatable bonds is 5. The molecule has 1 heterocycles. The summed E-state index contributed by atoms with van der Waals surface area (Å²) in [5.74, 6) is -0.820. The second kappa shape index (κ2) is 7.00. The van der Waals surface area contributed by atoms with E-state index in [9.17, 15) is 9.59 Å². The van der Waals surface area contributed by atoms with Crippen molar-refractivity contribution in [1.29, 1.82) is 0 Å². The Kier molecular flexibility index (Phi) is 5.64. The van der Waals surface area contributed by atoms with Gasteiger partial charge in [-0.25, -0.2) is 4.79 Å². The van der Waals surface area contributed by atoms with Crippen LogP contribution in [0.2, 0.25) is 0 Å². The lowest BCUT2D eigenvalue weighted by molar-refractivity contribution is -0.143. The molecule has 1 aliphatic rings. The summed E-state index contributed by atoms with van der Waals surface area (Å²) in [4.78, 5) is 26.2. The molecule has 0 aromatic rings. The van der Waals surface area contributed by atoms with Crippen molar-refractivity contribution in [2.75, 3.05) is 32.7 Å². The number of nitrogens with one attached hydrogen (secondary N) is 1. The van der Waals surface area contributed by atoms with E-state index in [1.54, 1.807) is 17.9 Å². The Bertz CT molecular complexity index is 312. The van der Waals surface area contributed by atoms with E-state index in [0.717, 1.165) is 6.42 Å². The molecule has 18 heavy (non-hydrogen) atoms. The van der Waals surface area contributed by atoms with E-state index in [0.29, 0.717) is 32.7 Å². The van der Waals surface area contributed by atoms with Crippen molar-refractivity contribution in [3.8, 4) is 0 Å². The number of nitrogens with zero attached hydrogens (tertiary/aromatic N) is 2. The van der Waals surface area contributed by atoms with Crippen LogP contribution in [0.1, 0.15) is 13.3 Å². The van der Waals surface area contributed by atoms with Gasteiger partial charge in [0.05, 0.1) is 0 Å². The topological polar surface area (TPSA) is 72.9 Å². The van der Waals surface area contributed by atoms with Gasteiger partial charge in [0.25, 0.3) is 0 Å². The van der Waals surface area contributed by atoms with E-state index >= 15 is 0 Å². The fourth-order valence-corrected chi connectivity index (χ4v) is 1.86. The van der Waals surface area contributed by atoms with Crippen molar-refractivity contribution in [2.45, 2.75) is 19.4 Å². The van der Waals surface area contributed by atoms with Gasteiger partial charge in [-0.15, -0.1) is 6.58 Å². The number of carbonyl (C=O) groups is 2. The molecule has 102 valence electrons. The van der Waals surface area contributed by atoms with Gasteiger partial charge in [0.1, 0.15) is 6.04 Å². The number of hydrogen-bond acceptors (Lipinski definition) is 3. The summed E-state index contributed by atoms with van der Waals surface area (Å²) in [6.45, 7) is 8.18. The molecule has 6 heteroatoms. The zero-order chi connectivity index (χ0) is 13.5. The number of hydrogen-bond donors (Lipinski definition) is 2. The van der Waals surface area contributed by atoms with Crippen molar-refractivity contribution < 1.29 is 14.7 Å². The maximum Gasteiger partial charge on any atom is 0.320 e. The molecule has 1 unspecified atom stereocenters. The molecule has 0 aromatic carbocycles. The first-order valence-corrected chi connectivity index (χ1v) is 6.16. The number of aliphatic carboxylic acids is 1. The minimum absolute atomic E-state index is 0.0838. The first-order chi connectivity index (χ1) is 8.56. The maximum absolute atomic E-state index is 11.7. The smallest absolute Gasteiger partial charge is 0.320 e. The molecule has 1 atom stereocenters. The summed E-state index contributed by atoms with van der Waals surface area (Å²) in [6.07, 6.45) is 2.51. The third-order valence-corrected chi connectivity index (χ3v) is 3.13. The largest absolute Gasteiger partial charge is 0.480 e. The predicted molar refractivity (Wildman–Crippen MR) is 68.5 cm³/mol. The number of carboxylic acids is 1. The summed E-state index contributed by atoms with van der Waals surface area (Å²) >= 11 is 0. The van der Waals surface area contributed by atoms with Crippen LogP contribution in [0, 0.1) is 0 Å². The molecular formula is C12H21N3O3. The minimum Gasteiger partial charge on any atom is -0.480 e. The Hall–Kier alpha value is -1.56. The predicted octanol–water partition coefficient (Wildman–Crippen LogP) is 0.363. The molecule has 2 amide bonds. The van der Waals surface area contributed by atoms with Crippen LogP contribution in [0.25, 0.3) is 0 Å². The molecule has 0 radical (unpaired) electrons. The van der Waals surface area contributed by atoms with Crippen molar-refractivity contribution in [1.82, 2.24) is 15.1 Å². The summed E-state index contributed by atoms with van der Waals surface area (Å²) in [7, 11) is 0. The van der Waals surface area contributed by atoms with E-state index in [2.05, 4.69) is 11.9 Å². The Balaban J connectivity index is 2.32. The summed E-state index contributed by atoms with van der Waals surface area (Å²) in [5.41, 5.74) is 0. The average molecular weight is 255 g/mol. The van der Waals surface area contributed by atoms with Crippen LogP contribution < -0.4 is 5.32 Å². The molecule has 0 aromatic heterocycles. The van der Waals surface area contributed by atoms with Crippen LogP contribution in [-0.2, 0) is 4.79 Å². The average Bonchev–Trinajstić information content (AvgIpc) is 2.38. The second-order valence-corrected chi connectivity index (χ2v) is 4.35. The van der Waals surface area contributed by atoms with Gasteiger partial charge in [0, 0.05) is 32.7 Å². The lowest BCUT2D eigenvalue weighted by atomic mass is 10.2. The van der Waals surface area contributed by atoms with Crippen molar-refractivity contribution in [2.24, 2.45) is 0 Å². The van der Waals surface area contributed by atoms with Gasteiger partial charge < -0.3 is 15.3 Å². The third kappa shape index (κ3) is 4.03. The Morgan fingerprint density at radius 1 is 1.39 bits per heavy atom. The highest BCUT2D eigenvalue weighted by atomic mass is 16.4. The molecule has 1 aliphatic heterocycles. The van der Waals surface area contributed by atoms with Gasteiger partial charge in [-0.3, -0.25) is 9.69 Å². The molecule has 0 aliphatic carbocycles. The number of amides is 2. The molecule has 1 fully saturated rings. The number of urea groups is 1. The fraction of sp³-hybridized carbons (Fsp3) is 0.667. The second-order valence-electron chi connectivity index (χ2n) is 4.35. The number of carboxylic acid groups (broad SMARTS) is 1. The summed E-state index contributed by atoms with van der Waals surface area (Å²) in [5, 5.41) is 11.7. The molecule has 6 nitrogen and oxygen atoms in total. The Morgan fingerprint density at radius 2 is 2.00 bits per heavy atom. The lowest BCUT2D eigenvalue weighted by Gasteiger charge is -2.36. The fourth-order valence-electron chi connectivity index (χ4n) is 1.86. The van der Waals surface area contributed by atoms with Crippen molar-refractivity contribution >= 4 is 12.0 Å². The van der Waals surface area contributed by atoms with Crippen molar-refractivity contribution in [3.63, 3.8) is 0 Å². The van der Waals surface area contributed by atoms with Gasteiger partial charge in [-0.1, -0.05) is 6.08 Å². The number of piperazine rings is 1. The van der Waals surface area contributed by atoms with E-state index in [1.165, 1.54) is 0 Å². The summed E-state index contributed by atoms with van der Waals surface area (Å²) in [6, 6.07) is -0.574. The highest BCUT2D eigenvalue weighted by Gasteiger charge is 2.26. The molecule has 1 saturated heterocycles. The van der Waals surface area contributed by atoms with Crippen LogP contribution in [0.15, 0.2) is 12.7 Å². The van der Waals surface area contributed by atoms with Gasteiger partial charge in [0.2, 0.25) is 0 Å². The van der Waals surface area contributed by atoms with Crippen LogP contribution in [-0.4, -0.2) is 65.7 Å². The first-order valence-electron chi connectivity index (χ1n) is 6.16. The highest BCUT2D eigenvalue weighted by molar-refractivity contribution is 5.74. The molecule has 1 rings (SSSR count). The summed E-state index contributed by atoms with van der Waals surface area (Å²) < 4.78 is 0. The van der Waals surface area contributed by atoms with Gasteiger partial charge in [-0.05, 0) is 13.3 Å². The van der Waals surface area contributed by atoms with E-state index < -0.39 is 12.0 Å². The SMILES string of the molecule is C=CCCNC(=O)N1CCN(C(C)C(=O)O)CC1. The molecule has 0 saturated carbocycles. The van der Waals surface area contributed by atoms with Crippen LogP contribution >= 0.6 is 0 Å². The van der Waals surface area contributed by atoms with E-state index in [-0.39, 0.29) is 6.03 Å². The van der Waals surface area contributed by atoms with Crippen LogP contribution in [0.4, 0.5) is 4.79 Å². The molecule has 2 N–H and O–H groups in total. The maximum atomic E-state index is 11.7. The monoisotopic (exact) mass is 255 g/mol. The minimum atomic E-state index is -0.820. The Labute approximate surface area is 107 Å². The van der Waals surface area contributed by atoms with E-state index in [4.69, 9.17) is 5.11 Å². The first kappa shape index (κ1) is 14.5. The van der Waals surface area contributed by atoms with E-state index in [1.807, 2.05) is 4.90 Å². The zero-order valence-electron chi connectivity index (χ0n) is 10.8. The standard InChI is InChI=1S/C12H21N3O3/c1-3-4-5-13-12(18)15-8-6-14(7-9-15)10(2)11(16)17/h3,10H,1,4-9H2,2H3,(H,13,18)(H,16,17). The van der Waals surface area contributed by atoms with Gasteiger partial charge >= 0.3 is 12.0 Å². The third-order valence-electron chi connectivity index (χ3n) is 3.13. The Morgan fingerprint density at radius 3 is 2.50 bits per heavy atom. The normalized spacial score (nSPS) is 18.2. The number of carbonyl (C=O) groups excluding carboxylic acids is 1. The molecule has 0 bridgehead atoms. The highest BCUT2D eigenvalue weighted by Crippen LogP contribution is 2.06. The van der Waals surface area contributed by atoms with Gasteiger partial charge in [-0.2, -0.15) is 0 Å². The van der Waals surface area contributed by atoms with Crippen molar-refractivity contribution in [3.05, 3.63) is 12.7 Å². The zero-order valence-corrected chi connectivity index (χ0v) is 10.8. The quantitative estimate of drug-likeness (QED) is 0.549. The van der Waals surface area contributed by atoms with Crippen LogP contribution in [0.3, 0.4) is 0 Å².